The largest absolute Gasteiger partial charge is 0.465 e. The number of fused-ring (bicyclic) bond motifs is 1. The van der Waals surface area contributed by atoms with Gasteiger partial charge in [0, 0.05) is 58.5 Å². The van der Waals surface area contributed by atoms with E-state index in [1.165, 1.54) is 9.91 Å². The molecular weight excluding hydrogens is 630 g/mol. The van der Waals surface area contributed by atoms with E-state index in [9.17, 15) is 19.2 Å². The van der Waals surface area contributed by atoms with E-state index in [1.54, 1.807) is 43.5 Å². The van der Waals surface area contributed by atoms with Gasteiger partial charge in [-0.15, -0.1) is 0 Å². The molecule has 3 rings (SSSR count). The van der Waals surface area contributed by atoms with Gasteiger partial charge in [0.15, 0.2) is 6.29 Å². The summed E-state index contributed by atoms with van der Waals surface area (Å²) in [4.78, 5) is 58.7. The second-order valence-electron chi connectivity index (χ2n) is 11.5. The Kier molecular flexibility index (Phi) is 15.7. The van der Waals surface area contributed by atoms with Gasteiger partial charge in [0.05, 0.1) is 12.6 Å². The molecule has 0 aliphatic heterocycles. The number of anilines is 1. The standard InChI is InChI=1S/C35H49N7O7/c1-6-48-33(49-7-2)25(3)42(23-27-15-12-14-26-13-8-9-16-29(26)27)32(44)30(17-10-11-20-37-35(46)47)38-31(43)24-40(4)39-34(45)41(5)28-18-21-36-22-19-28/h8-9,12-16,18-19,21-22,25,30,33,37H,6-7,10-11,17,20,23-24H2,1-5H3,(H,38,43)(H,39,45)(H,46,47)/t25-,30-/m0/s1. The number of nitrogens with zero attached hydrogens (tertiary/aromatic N) is 4. The third kappa shape index (κ3) is 12.0. The first-order valence-electron chi connectivity index (χ1n) is 16.5. The molecule has 49 heavy (non-hydrogen) atoms. The molecule has 3 aromatic rings. The van der Waals surface area contributed by atoms with Crippen LogP contribution in [0.5, 0.6) is 0 Å². The van der Waals surface area contributed by atoms with E-state index in [0.717, 1.165) is 16.3 Å². The summed E-state index contributed by atoms with van der Waals surface area (Å²) in [6.07, 6.45) is 2.46. The van der Waals surface area contributed by atoms with Crippen molar-refractivity contribution in [3.8, 4) is 0 Å². The Morgan fingerprint density at radius 1 is 0.918 bits per heavy atom. The van der Waals surface area contributed by atoms with Crippen LogP contribution in [0.3, 0.4) is 0 Å². The Morgan fingerprint density at radius 2 is 1.59 bits per heavy atom. The van der Waals surface area contributed by atoms with E-state index < -0.39 is 36.4 Å². The Bertz CT molecular complexity index is 1500. The third-order valence-electron chi connectivity index (χ3n) is 7.90. The van der Waals surface area contributed by atoms with Crippen molar-refractivity contribution >= 4 is 40.4 Å². The molecule has 0 saturated heterocycles. The Morgan fingerprint density at radius 3 is 2.27 bits per heavy atom. The minimum absolute atomic E-state index is 0.205. The van der Waals surface area contributed by atoms with Crippen LogP contribution in [0.2, 0.25) is 0 Å². The molecule has 1 heterocycles. The number of benzene rings is 2. The maximum Gasteiger partial charge on any atom is 0.404 e. The third-order valence-corrected chi connectivity index (χ3v) is 7.90. The number of carbonyl (C=O) groups excluding carboxylic acids is 3. The predicted octanol–water partition coefficient (Wildman–Crippen LogP) is 3.97. The number of pyridine rings is 1. The van der Waals surface area contributed by atoms with E-state index in [4.69, 9.17) is 14.6 Å². The predicted molar refractivity (Wildman–Crippen MR) is 187 cm³/mol. The normalized spacial score (nSPS) is 12.4. The van der Waals surface area contributed by atoms with Crippen LogP contribution in [-0.2, 0) is 25.6 Å². The number of ether oxygens (including phenoxy) is 2. The molecule has 2 atom stereocenters. The van der Waals surface area contributed by atoms with Gasteiger partial charge in [-0.25, -0.2) is 14.6 Å². The molecule has 1 aromatic heterocycles. The number of carboxylic acid groups (broad SMARTS) is 1. The topological polar surface area (TPSA) is 166 Å². The second-order valence-corrected chi connectivity index (χ2v) is 11.5. The summed E-state index contributed by atoms with van der Waals surface area (Å²) < 4.78 is 11.8. The van der Waals surface area contributed by atoms with Crippen molar-refractivity contribution in [3.05, 3.63) is 72.6 Å². The number of hydrazine groups is 1. The first-order chi connectivity index (χ1) is 23.5. The molecule has 4 N–H and O–H groups in total. The minimum Gasteiger partial charge on any atom is -0.465 e. The molecule has 0 spiro atoms. The number of nitrogens with one attached hydrogen (secondary N) is 3. The molecule has 266 valence electrons. The average Bonchev–Trinajstić information content (AvgIpc) is 3.09. The summed E-state index contributed by atoms with van der Waals surface area (Å²) in [6, 6.07) is 15.2. The van der Waals surface area contributed by atoms with Gasteiger partial charge in [0.1, 0.15) is 6.04 Å². The van der Waals surface area contributed by atoms with Crippen LogP contribution in [0, 0.1) is 0 Å². The molecule has 0 radical (unpaired) electrons. The highest BCUT2D eigenvalue weighted by Gasteiger charge is 2.34. The lowest BCUT2D eigenvalue weighted by molar-refractivity contribution is -0.179. The number of rotatable bonds is 19. The van der Waals surface area contributed by atoms with Crippen molar-refractivity contribution < 1.29 is 33.8 Å². The lowest BCUT2D eigenvalue weighted by Crippen LogP contribution is -2.56. The van der Waals surface area contributed by atoms with Crippen LogP contribution >= 0.6 is 0 Å². The summed E-state index contributed by atoms with van der Waals surface area (Å²) >= 11 is 0. The number of hydrogen-bond acceptors (Lipinski definition) is 8. The maximum absolute atomic E-state index is 14.6. The highest BCUT2D eigenvalue weighted by atomic mass is 16.7. The van der Waals surface area contributed by atoms with Gasteiger partial charge in [0.25, 0.3) is 0 Å². The summed E-state index contributed by atoms with van der Waals surface area (Å²) in [5.41, 5.74) is 4.20. The Balaban J connectivity index is 1.84. The van der Waals surface area contributed by atoms with E-state index in [1.807, 2.05) is 63.2 Å². The molecule has 0 saturated carbocycles. The fourth-order valence-corrected chi connectivity index (χ4v) is 5.38. The number of aromatic nitrogens is 1. The van der Waals surface area contributed by atoms with Crippen LogP contribution in [0.15, 0.2) is 67.0 Å². The molecule has 2 aromatic carbocycles. The van der Waals surface area contributed by atoms with E-state index in [0.29, 0.717) is 31.7 Å². The zero-order chi connectivity index (χ0) is 35.8. The smallest absolute Gasteiger partial charge is 0.404 e. The number of amides is 5. The second kappa shape index (κ2) is 19.9. The van der Waals surface area contributed by atoms with E-state index in [2.05, 4.69) is 21.0 Å². The molecular formula is C35H49N7O7. The fraction of sp³-hybridized carbons (Fsp3) is 0.457. The van der Waals surface area contributed by atoms with Crippen molar-refractivity contribution in [2.24, 2.45) is 0 Å². The number of urea groups is 1. The number of unbranched alkanes of at least 4 members (excludes halogenated alkanes) is 1. The summed E-state index contributed by atoms with van der Waals surface area (Å²) in [7, 11) is 3.14. The quantitative estimate of drug-likeness (QED) is 0.0834. The number of hydrogen-bond donors (Lipinski definition) is 4. The molecule has 0 aliphatic rings. The fourth-order valence-electron chi connectivity index (χ4n) is 5.38. The van der Waals surface area contributed by atoms with Crippen molar-refractivity contribution in [3.63, 3.8) is 0 Å². The summed E-state index contributed by atoms with van der Waals surface area (Å²) in [5, 5.41) is 17.5. The average molecular weight is 680 g/mol. The van der Waals surface area contributed by atoms with Gasteiger partial charge in [-0.1, -0.05) is 42.5 Å². The lowest BCUT2D eigenvalue weighted by atomic mass is 10.0. The van der Waals surface area contributed by atoms with Crippen LogP contribution in [0.1, 0.15) is 45.6 Å². The summed E-state index contributed by atoms with van der Waals surface area (Å²) in [6.45, 7) is 6.50. The van der Waals surface area contributed by atoms with Crippen LogP contribution in [-0.4, -0.2) is 103 Å². The molecule has 0 unspecified atom stereocenters. The molecule has 0 aliphatic carbocycles. The zero-order valence-electron chi connectivity index (χ0n) is 28.9. The molecule has 14 nitrogen and oxygen atoms in total. The zero-order valence-corrected chi connectivity index (χ0v) is 28.9. The molecule has 14 heteroatoms. The lowest BCUT2D eigenvalue weighted by Gasteiger charge is -2.37. The monoisotopic (exact) mass is 679 g/mol. The van der Waals surface area contributed by atoms with Crippen molar-refractivity contribution in [1.29, 1.82) is 0 Å². The van der Waals surface area contributed by atoms with Crippen molar-refractivity contribution in [1.82, 2.24) is 31.0 Å². The van der Waals surface area contributed by atoms with Crippen LogP contribution < -0.4 is 21.0 Å². The number of carbonyl (C=O) groups is 4. The number of likely N-dealkylation sites (N-methyl/N-ethyl adjacent to an activating group) is 1. The minimum atomic E-state index is -1.13. The van der Waals surface area contributed by atoms with Crippen molar-refractivity contribution in [2.45, 2.75) is 65.0 Å². The van der Waals surface area contributed by atoms with Crippen LogP contribution in [0.25, 0.3) is 10.8 Å². The first-order valence-corrected chi connectivity index (χ1v) is 16.5. The summed E-state index contributed by atoms with van der Waals surface area (Å²) in [5.74, 6) is -0.825. The van der Waals surface area contributed by atoms with Gasteiger partial charge in [0.2, 0.25) is 11.8 Å². The van der Waals surface area contributed by atoms with E-state index in [-0.39, 0.29) is 32.0 Å². The van der Waals surface area contributed by atoms with Crippen LogP contribution in [0.4, 0.5) is 15.3 Å². The van der Waals surface area contributed by atoms with Gasteiger partial charge in [-0.05, 0) is 68.5 Å². The van der Waals surface area contributed by atoms with Gasteiger partial charge >= 0.3 is 12.1 Å². The molecule has 0 fully saturated rings. The molecule has 0 bridgehead atoms. The maximum atomic E-state index is 14.6. The van der Waals surface area contributed by atoms with E-state index >= 15 is 0 Å². The Hall–Kier alpha value is -4.79. The van der Waals surface area contributed by atoms with Gasteiger partial charge < -0.3 is 30.1 Å². The highest BCUT2D eigenvalue weighted by Crippen LogP contribution is 2.23. The first kappa shape index (κ1) is 38.7. The Labute approximate surface area is 287 Å². The SMILES string of the molecule is CCOC(OCC)[C@H](C)N(Cc1cccc2ccccc12)C(=O)[C@H](CCCCNC(=O)O)NC(=O)CN(C)NC(=O)N(C)c1ccncc1. The molecule has 5 amide bonds. The van der Waals surface area contributed by atoms with Gasteiger partial charge in [-0.3, -0.25) is 24.9 Å². The highest BCUT2D eigenvalue weighted by molar-refractivity contribution is 5.92. The van der Waals surface area contributed by atoms with Gasteiger partial charge in [-0.2, -0.15) is 0 Å². The van der Waals surface area contributed by atoms with Crippen molar-refractivity contribution in [2.75, 3.05) is 45.3 Å².